The summed E-state index contributed by atoms with van der Waals surface area (Å²) in [5, 5.41) is 11.3. The van der Waals surface area contributed by atoms with Crippen molar-refractivity contribution in [2.45, 2.75) is 63.2 Å². The van der Waals surface area contributed by atoms with Crippen LogP contribution < -0.4 is 0 Å². The molecule has 0 bridgehead atoms. The molecule has 41 heavy (non-hydrogen) atoms. The smallest absolute Gasteiger partial charge is 0.226 e. The van der Waals surface area contributed by atoms with E-state index in [1.807, 2.05) is 0 Å². The second kappa shape index (κ2) is 14.5. The summed E-state index contributed by atoms with van der Waals surface area (Å²) >= 11 is 132. The summed E-state index contributed by atoms with van der Waals surface area (Å²) in [7, 11) is 0. The van der Waals surface area contributed by atoms with Gasteiger partial charge in [0.15, 0.2) is 13.0 Å². The van der Waals surface area contributed by atoms with E-state index in [4.69, 9.17) is 244 Å². The molecule has 0 aromatic heterocycles. The molecular weight excluding hydrogens is 989 g/mol. The number of hydrogen-bond acceptors (Lipinski definition) is 1. The van der Waals surface area contributed by atoms with Crippen molar-refractivity contribution in [1.29, 1.82) is 0 Å². The van der Waals surface area contributed by atoms with E-state index in [1.165, 1.54) is 0 Å². The van der Waals surface area contributed by atoms with Gasteiger partial charge in [-0.1, -0.05) is 257 Å². The van der Waals surface area contributed by atoms with E-state index >= 15 is 0 Å². The van der Waals surface area contributed by atoms with Crippen molar-refractivity contribution in [3.8, 4) is 0 Å². The van der Waals surface area contributed by atoms with E-state index in [0.717, 1.165) is 12.1 Å². The minimum atomic E-state index is -2.73. The summed E-state index contributed by atoms with van der Waals surface area (Å²) in [6, 6.07) is 2.01. The Morgan fingerprint density at radius 1 is 0.512 bits per heavy atom. The second-order valence-electron chi connectivity index (χ2n) is 8.23. The first-order chi connectivity index (χ1) is 17.7. The van der Waals surface area contributed by atoms with Gasteiger partial charge in [-0.05, 0) is 40.8 Å². The summed E-state index contributed by atoms with van der Waals surface area (Å²) < 4.78 is -24.0. The number of rotatable bonds is 9. The van der Waals surface area contributed by atoms with Crippen molar-refractivity contribution < 1.29 is 5.11 Å². The van der Waals surface area contributed by atoms with Gasteiger partial charge in [-0.3, -0.25) is 0 Å². The summed E-state index contributed by atoms with van der Waals surface area (Å²) in [5.41, 5.74) is -1.72. The standard InChI is InChI=1S/C19H11Cl21O/c1-2-3-9(41)10-7(12(22,23)15(28,29)18(35,36)37)4-6(11(20,21)14(26,27)17(32,33)34)5-8(10)13(24,25)16(30,31)19(38,39)40/h4-5,9,41H,2-3H2,1H3. The highest BCUT2D eigenvalue weighted by Crippen LogP contribution is 2.67. The van der Waals surface area contributed by atoms with Crippen LogP contribution in [0.1, 0.15) is 48.1 Å². The Balaban J connectivity index is 4.64. The number of aliphatic hydroxyl groups is 1. The van der Waals surface area contributed by atoms with Gasteiger partial charge in [0.25, 0.3) is 0 Å². The molecule has 0 heterocycles. The molecule has 1 atom stereocenters. The molecule has 0 aliphatic carbocycles. The zero-order chi connectivity index (χ0) is 33.2. The Labute approximate surface area is 341 Å². The maximum absolute atomic E-state index is 11.3. The van der Waals surface area contributed by atoms with Crippen LogP contribution in [0.5, 0.6) is 0 Å². The number of halogens is 21. The molecule has 1 rings (SSSR count). The first-order valence-electron chi connectivity index (χ1n) is 10.0. The third-order valence-corrected chi connectivity index (χ3v) is 17.2. The minimum Gasteiger partial charge on any atom is -0.388 e. The van der Waals surface area contributed by atoms with Crippen LogP contribution in [0.4, 0.5) is 0 Å². The van der Waals surface area contributed by atoms with Gasteiger partial charge in [-0.25, -0.2) is 0 Å². The van der Waals surface area contributed by atoms with E-state index in [2.05, 4.69) is 0 Å². The lowest BCUT2D eigenvalue weighted by Crippen LogP contribution is -2.49. The molecule has 0 aliphatic heterocycles. The van der Waals surface area contributed by atoms with Crippen molar-refractivity contribution in [2.75, 3.05) is 0 Å². The van der Waals surface area contributed by atoms with Gasteiger partial charge in [0.2, 0.25) is 24.4 Å². The van der Waals surface area contributed by atoms with Crippen LogP contribution in [0.3, 0.4) is 0 Å². The normalized spacial score (nSPS) is 16.3. The van der Waals surface area contributed by atoms with Gasteiger partial charge in [0.1, 0.15) is 0 Å². The highest BCUT2D eigenvalue weighted by Gasteiger charge is 2.66. The summed E-state index contributed by atoms with van der Waals surface area (Å²) in [6.07, 6.45) is -1.23. The monoisotopic (exact) mass is 989 g/mol. The molecule has 240 valence electrons. The molecule has 0 saturated heterocycles. The van der Waals surface area contributed by atoms with Crippen LogP contribution in [0.25, 0.3) is 0 Å². The van der Waals surface area contributed by atoms with E-state index in [1.54, 1.807) is 6.92 Å². The molecule has 1 N–H and O–H groups in total. The van der Waals surface area contributed by atoms with Crippen LogP contribution in [-0.4, -0.2) is 29.5 Å². The number of benzene rings is 1. The van der Waals surface area contributed by atoms with E-state index in [-0.39, 0.29) is 12.0 Å². The fourth-order valence-corrected chi connectivity index (χ4v) is 7.65. The van der Waals surface area contributed by atoms with E-state index in [0.29, 0.717) is 6.42 Å². The van der Waals surface area contributed by atoms with Crippen LogP contribution in [0.15, 0.2) is 12.1 Å². The van der Waals surface area contributed by atoms with E-state index < -0.39 is 60.2 Å². The molecule has 0 saturated carbocycles. The molecule has 1 aromatic rings. The Hall–Kier alpha value is 5.27. The van der Waals surface area contributed by atoms with Crippen LogP contribution in [0.2, 0.25) is 0 Å². The topological polar surface area (TPSA) is 20.2 Å². The van der Waals surface area contributed by atoms with Crippen LogP contribution in [-0.2, 0) is 13.0 Å². The molecule has 0 aliphatic rings. The first-order valence-corrected chi connectivity index (χ1v) is 18.0. The van der Waals surface area contributed by atoms with Crippen molar-refractivity contribution >= 4 is 244 Å². The first kappa shape index (κ1) is 44.3. The predicted molar refractivity (Wildman–Crippen MR) is 191 cm³/mol. The molecule has 1 aromatic carbocycles. The minimum absolute atomic E-state index is 0.0142. The van der Waals surface area contributed by atoms with Gasteiger partial charge in [-0.15, -0.1) is 0 Å². The fourth-order valence-electron chi connectivity index (χ4n) is 3.18. The average Bonchev–Trinajstić information content (AvgIpc) is 2.75. The van der Waals surface area contributed by atoms with Crippen LogP contribution in [0, 0.1) is 0 Å². The SMILES string of the molecule is CCCC(O)c1c(C(Cl)(Cl)C(Cl)(Cl)C(Cl)(Cl)Cl)cc(C(Cl)(Cl)C(Cl)(Cl)C(Cl)(Cl)Cl)cc1C(Cl)(Cl)C(Cl)(Cl)C(Cl)(Cl)Cl. The van der Waals surface area contributed by atoms with Crippen molar-refractivity contribution in [3.05, 3.63) is 34.4 Å². The zero-order valence-corrected chi connectivity index (χ0v) is 34.9. The molecule has 22 heteroatoms. The Morgan fingerprint density at radius 3 is 1.02 bits per heavy atom. The Kier molecular flexibility index (Phi) is 15.6. The molecule has 0 amide bonds. The Morgan fingerprint density at radius 2 is 0.780 bits per heavy atom. The fraction of sp³-hybridized carbons (Fsp3) is 0.684. The molecule has 0 radical (unpaired) electrons. The summed E-state index contributed by atoms with van der Waals surface area (Å²) in [5.74, 6) is 0. The lowest BCUT2D eigenvalue weighted by atomic mass is 9.85. The Bertz CT molecular complexity index is 1030. The van der Waals surface area contributed by atoms with Crippen LogP contribution >= 0.6 is 244 Å². The maximum Gasteiger partial charge on any atom is 0.226 e. The van der Waals surface area contributed by atoms with Gasteiger partial charge >= 0.3 is 0 Å². The van der Waals surface area contributed by atoms with Crippen molar-refractivity contribution in [3.63, 3.8) is 0 Å². The van der Waals surface area contributed by atoms with Gasteiger partial charge in [0.05, 0.1) is 6.10 Å². The highest BCUT2D eigenvalue weighted by molar-refractivity contribution is 6.80. The number of alkyl halides is 21. The number of aliphatic hydroxyl groups excluding tert-OH is 1. The van der Waals surface area contributed by atoms with Gasteiger partial charge < -0.3 is 5.11 Å². The predicted octanol–water partition coefficient (Wildman–Crippen LogP) is 15.0. The highest BCUT2D eigenvalue weighted by atomic mass is 35.6. The van der Waals surface area contributed by atoms with Gasteiger partial charge in [0, 0.05) is 0 Å². The summed E-state index contributed by atoms with van der Waals surface area (Å²) in [4.78, 5) is 0. The summed E-state index contributed by atoms with van der Waals surface area (Å²) in [6.45, 7) is 1.71. The van der Waals surface area contributed by atoms with Crippen molar-refractivity contribution in [1.82, 2.24) is 0 Å². The molecular formula is C19H11Cl21O. The molecule has 0 spiro atoms. The maximum atomic E-state index is 11.3. The van der Waals surface area contributed by atoms with E-state index in [9.17, 15) is 5.11 Å². The second-order valence-corrected chi connectivity index (χ2v) is 23.0. The molecule has 0 fully saturated rings. The molecule has 1 unspecified atom stereocenters. The zero-order valence-electron chi connectivity index (χ0n) is 19.0. The quantitative estimate of drug-likeness (QED) is 0.245. The molecule has 1 nitrogen and oxygen atoms in total. The van der Waals surface area contributed by atoms with Crippen molar-refractivity contribution in [2.24, 2.45) is 0 Å². The number of hydrogen-bond donors (Lipinski definition) is 1. The lowest BCUT2D eigenvalue weighted by Gasteiger charge is -2.44. The average molecular weight is 1000 g/mol. The van der Waals surface area contributed by atoms with Gasteiger partial charge in [-0.2, -0.15) is 0 Å². The lowest BCUT2D eigenvalue weighted by molar-refractivity contribution is 0.163. The third-order valence-electron chi connectivity index (χ3n) is 5.37. The largest absolute Gasteiger partial charge is 0.388 e. The third kappa shape index (κ3) is 8.43.